The van der Waals surface area contributed by atoms with Gasteiger partial charge in [-0.15, -0.1) is 0 Å². The van der Waals surface area contributed by atoms with Crippen molar-refractivity contribution in [2.45, 2.75) is 19.2 Å². The molecule has 0 saturated heterocycles. The molecular weight excluding hydrogens is 327 g/mol. The zero-order valence-electron chi connectivity index (χ0n) is 12.1. The van der Waals surface area contributed by atoms with Crippen LogP contribution in [0.3, 0.4) is 0 Å². The third kappa shape index (κ3) is 5.27. The topological polar surface area (TPSA) is 56.8 Å². The predicted molar refractivity (Wildman–Crippen MR) is 74.7 cm³/mol. The average molecular weight is 342 g/mol. The van der Waals surface area contributed by atoms with Crippen LogP contribution in [0.2, 0.25) is 5.02 Å². The maximum Gasteiger partial charge on any atom is 0.411 e. The molecule has 124 valence electrons. The molecule has 1 amide bonds. The van der Waals surface area contributed by atoms with Crippen LogP contribution in [0.1, 0.15) is 6.92 Å². The number of hydrogen-bond donors (Lipinski definition) is 1. The van der Waals surface area contributed by atoms with Crippen LogP contribution in [0, 0.1) is 0 Å². The molecule has 0 heterocycles. The van der Waals surface area contributed by atoms with E-state index in [2.05, 4.69) is 10.1 Å². The van der Waals surface area contributed by atoms with E-state index in [9.17, 15) is 18.0 Å². The van der Waals surface area contributed by atoms with Gasteiger partial charge in [0, 0.05) is 12.1 Å². The van der Waals surface area contributed by atoms with Gasteiger partial charge in [0.1, 0.15) is 24.2 Å². The van der Waals surface area contributed by atoms with E-state index in [0.717, 1.165) is 0 Å². The second-order valence-corrected chi connectivity index (χ2v) is 4.65. The Kier molecular flexibility index (Phi) is 6.31. The van der Waals surface area contributed by atoms with Gasteiger partial charge >= 0.3 is 6.18 Å². The van der Waals surface area contributed by atoms with Crippen molar-refractivity contribution < 1.29 is 32.2 Å². The van der Waals surface area contributed by atoms with Crippen LogP contribution in [0.25, 0.3) is 0 Å². The van der Waals surface area contributed by atoms with Gasteiger partial charge in [0.2, 0.25) is 0 Å². The highest BCUT2D eigenvalue weighted by Crippen LogP contribution is 2.35. The molecule has 22 heavy (non-hydrogen) atoms. The molecule has 1 N–H and O–H groups in total. The molecule has 9 heteroatoms. The summed E-state index contributed by atoms with van der Waals surface area (Å²) in [6.07, 6.45) is -5.80. The Labute approximate surface area is 130 Å². The lowest BCUT2D eigenvalue weighted by Gasteiger charge is -2.17. The summed E-state index contributed by atoms with van der Waals surface area (Å²) in [5.41, 5.74) is 0.205. The fraction of sp³-hybridized carbons (Fsp3) is 0.462. The third-order valence-electron chi connectivity index (χ3n) is 2.60. The van der Waals surface area contributed by atoms with Crippen LogP contribution in [0.4, 0.5) is 18.9 Å². The summed E-state index contributed by atoms with van der Waals surface area (Å²) in [4.78, 5) is 11.8. The van der Waals surface area contributed by atoms with Gasteiger partial charge in [-0.25, -0.2) is 0 Å². The van der Waals surface area contributed by atoms with Crippen molar-refractivity contribution >= 4 is 23.2 Å². The molecule has 0 aliphatic heterocycles. The summed E-state index contributed by atoms with van der Waals surface area (Å²) in [5, 5.41) is 2.67. The fourth-order valence-corrected chi connectivity index (χ4v) is 1.72. The van der Waals surface area contributed by atoms with Crippen LogP contribution >= 0.6 is 11.6 Å². The maximum atomic E-state index is 12.1. The number of ether oxygens (including phenoxy) is 3. The largest absolute Gasteiger partial charge is 0.495 e. The molecule has 0 radical (unpaired) electrons. The Morgan fingerprint density at radius 3 is 2.36 bits per heavy atom. The molecule has 0 unspecified atom stereocenters. The lowest BCUT2D eigenvalue weighted by molar-refractivity contribution is -0.184. The van der Waals surface area contributed by atoms with Crippen molar-refractivity contribution in [2.75, 3.05) is 26.1 Å². The fourth-order valence-electron chi connectivity index (χ4n) is 1.49. The molecule has 0 aliphatic rings. The molecule has 1 aromatic carbocycles. The lowest BCUT2D eigenvalue weighted by Crippen LogP contribution is -2.31. The normalized spacial score (nSPS) is 12.7. The van der Waals surface area contributed by atoms with Crippen LogP contribution < -0.4 is 14.8 Å². The van der Waals surface area contributed by atoms with E-state index in [1.807, 2.05) is 0 Å². The van der Waals surface area contributed by atoms with Crippen LogP contribution in [0.15, 0.2) is 12.1 Å². The SMILES string of the molecule is COc1cc(NC(=O)[C@H](C)OCC(F)(F)F)c(OC)cc1Cl. The van der Waals surface area contributed by atoms with E-state index in [0.29, 0.717) is 0 Å². The van der Waals surface area contributed by atoms with Gasteiger partial charge in [-0.3, -0.25) is 4.79 Å². The minimum atomic E-state index is -4.50. The Morgan fingerprint density at radius 1 is 1.27 bits per heavy atom. The number of nitrogens with one attached hydrogen (secondary N) is 1. The van der Waals surface area contributed by atoms with Gasteiger partial charge in [-0.1, -0.05) is 11.6 Å². The number of carbonyl (C=O) groups excluding carboxylic acids is 1. The number of benzene rings is 1. The van der Waals surface area contributed by atoms with Gasteiger partial charge in [-0.05, 0) is 6.92 Å². The Balaban J connectivity index is 2.82. The smallest absolute Gasteiger partial charge is 0.411 e. The Morgan fingerprint density at radius 2 is 1.86 bits per heavy atom. The number of anilines is 1. The van der Waals surface area contributed by atoms with Crippen molar-refractivity contribution in [1.29, 1.82) is 0 Å². The van der Waals surface area contributed by atoms with Gasteiger partial charge in [0.15, 0.2) is 0 Å². The minimum absolute atomic E-state index is 0.205. The van der Waals surface area contributed by atoms with Crippen molar-refractivity contribution in [2.24, 2.45) is 0 Å². The average Bonchev–Trinajstić information content (AvgIpc) is 2.45. The highest BCUT2D eigenvalue weighted by atomic mass is 35.5. The second-order valence-electron chi connectivity index (χ2n) is 4.24. The zero-order chi connectivity index (χ0) is 16.9. The molecule has 0 bridgehead atoms. The molecule has 5 nitrogen and oxygen atoms in total. The molecule has 1 rings (SSSR count). The molecule has 0 saturated carbocycles. The van der Waals surface area contributed by atoms with Crippen molar-refractivity contribution in [3.8, 4) is 11.5 Å². The summed E-state index contributed by atoms with van der Waals surface area (Å²) >= 11 is 5.91. The van der Waals surface area contributed by atoms with Crippen molar-refractivity contribution in [3.63, 3.8) is 0 Å². The monoisotopic (exact) mass is 341 g/mol. The van der Waals surface area contributed by atoms with E-state index in [1.165, 1.54) is 33.3 Å². The predicted octanol–water partition coefficient (Wildman–Crippen LogP) is 3.26. The van der Waals surface area contributed by atoms with Crippen LogP contribution in [0.5, 0.6) is 11.5 Å². The quantitative estimate of drug-likeness (QED) is 0.863. The minimum Gasteiger partial charge on any atom is -0.495 e. The second kappa shape index (κ2) is 7.55. The van der Waals surface area contributed by atoms with E-state index in [1.54, 1.807) is 0 Å². The Hall–Kier alpha value is -1.67. The van der Waals surface area contributed by atoms with E-state index in [-0.39, 0.29) is 22.2 Å². The molecule has 0 aromatic heterocycles. The standard InChI is InChI=1S/C13H15ClF3NO4/c1-7(22-6-13(15,16)17)12(19)18-9-5-10(20-2)8(14)4-11(9)21-3/h4-5,7H,6H2,1-3H3,(H,18,19)/t7-/m0/s1. The highest BCUT2D eigenvalue weighted by Gasteiger charge is 2.30. The summed E-state index contributed by atoms with van der Waals surface area (Å²) in [7, 11) is 2.74. The van der Waals surface area contributed by atoms with Gasteiger partial charge < -0.3 is 19.5 Å². The summed E-state index contributed by atoms with van der Waals surface area (Å²) in [5.74, 6) is -0.240. The first-order chi connectivity index (χ1) is 10.2. The number of rotatable bonds is 6. The summed E-state index contributed by atoms with van der Waals surface area (Å²) in [6, 6.07) is 2.81. The number of hydrogen-bond acceptors (Lipinski definition) is 4. The van der Waals surface area contributed by atoms with Gasteiger partial charge in [0.05, 0.1) is 24.9 Å². The third-order valence-corrected chi connectivity index (χ3v) is 2.89. The van der Waals surface area contributed by atoms with E-state index in [4.69, 9.17) is 21.1 Å². The number of alkyl halides is 3. The summed E-state index contributed by atoms with van der Waals surface area (Å²) < 4.78 is 50.7. The van der Waals surface area contributed by atoms with Crippen molar-refractivity contribution in [1.82, 2.24) is 0 Å². The molecule has 0 aliphatic carbocycles. The van der Waals surface area contributed by atoms with Gasteiger partial charge in [-0.2, -0.15) is 13.2 Å². The number of halogens is 4. The molecular formula is C13H15ClF3NO4. The van der Waals surface area contributed by atoms with Gasteiger partial charge in [0.25, 0.3) is 5.91 Å². The Bertz CT molecular complexity index is 537. The van der Waals surface area contributed by atoms with Crippen LogP contribution in [-0.4, -0.2) is 39.0 Å². The molecule has 0 fully saturated rings. The highest BCUT2D eigenvalue weighted by molar-refractivity contribution is 6.32. The van der Waals surface area contributed by atoms with E-state index < -0.39 is 24.8 Å². The molecule has 1 atom stereocenters. The number of carbonyl (C=O) groups is 1. The van der Waals surface area contributed by atoms with Crippen LogP contribution in [-0.2, 0) is 9.53 Å². The maximum absolute atomic E-state index is 12.1. The number of methoxy groups -OCH3 is 2. The first kappa shape index (κ1) is 18.4. The molecule has 0 spiro atoms. The first-order valence-electron chi connectivity index (χ1n) is 6.08. The van der Waals surface area contributed by atoms with E-state index >= 15 is 0 Å². The van der Waals surface area contributed by atoms with Crippen molar-refractivity contribution in [3.05, 3.63) is 17.2 Å². The first-order valence-corrected chi connectivity index (χ1v) is 6.46. The summed E-state index contributed by atoms with van der Waals surface area (Å²) in [6.45, 7) is -0.302. The zero-order valence-corrected chi connectivity index (χ0v) is 12.8. The molecule has 1 aromatic rings. The number of amides is 1. The lowest BCUT2D eigenvalue weighted by atomic mass is 10.2.